The van der Waals surface area contributed by atoms with Gasteiger partial charge in [-0.05, 0) is 76.5 Å². The van der Waals surface area contributed by atoms with E-state index in [4.69, 9.17) is 0 Å². The average molecular weight is 266 g/mol. The molecule has 0 N–H and O–H groups in total. The Bertz CT molecular complexity index is 256. The zero-order chi connectivity index (χ0) is 11.2. The zero-order valence-electron chi connectivity index (χ0n) is 9.50. The molecule has 0 aromatic carbocycles. The van der Waals surface area contributed by atoms with E-state index in [-0.39, 0.29) is 17.1 Å². The van der Waals surface area contributed by atoms with Gasteiger partial charge in [0.2, 0.25) is 0 Å². The molecule has 0 bridgehead atoms. The topological polar surface area (TPSA) is 17.1 Å². The molecule has 2 heteroatoms. The van der Waals surface area contributed by atoms with E-state index < -0.39 is 0 Å². The zero-order valence-corrected chi connectivity index (χ0v) is 10.6. The first-order valence-electron chi connectivity index (χ1n) is 5.57. The van der Waals surface area contributed by atoms with Gasteiger partial charge in [0.1, 0.15) is 5.94 Å². The third-order valence-corrected chi connectivity index (χ3v) is 2.76. The summed E-state index contributed by atoms with van der Waals surface area (Å²) in [7, 11) is 0. The number of hydrogen-bond acceptors (Lipinski definition) is 1. The van der Waals surface area contributed by atoms with Gasteiger partial charge in [0.05, 0.1) is 0 Å². The van der Waals surface area contributed by atoms with Crippen molar-refractivity contribution in [1.82, 2.24) is 0 Å². The van der Waals surface area contributed by atoms with E-state index in [0.717, 1.165) is 30.8 Å². The average Bonchev–Trinajstić information content (AvgIpc) is 2.96. The van der Waals surface area contributed by atoms with Crippen LogP contribution in [0, 0.1) is 63.2 Å². The van der Waals surface area contributed by atoms with Crippen LogP contribution >= 0.6 is 0 Å². The molecule has 2 aliphatic rings. The standard InChI is InChI=1S/C15H14O.Fe/c16-12-15(14-9-3-4-10-14)11-5-8-13-6-1-2-7-13;/h1-4,6-7,9-10H,5,8,11H2;. The van der Waals surface area contributed by atoms with Crippen LogP contribution in [-0.2, 0) is 21.9 Å². The number of carbonyl (C=O) groups excluding carboxylic acids is 1. The third-order valence-electron chi connectivity index (χ3n) is 2.76. The van der Waals surface area contributed by atoms with Crippen molar-refractivity contribution < 1.29 is 21.9 Å². The summed E-state index contributed by atoms with van der Waals surface area (Å²) in [5.74, 6) is 4.40. The first kappa shape index (κ1) is 15.0. The van der Waals surface area contributed by atoms with Crippen molar-refractivity contribution in [2.24, 2.45) is 0 Å². The van der Waals surface area contributed by atoms with Crippen LogP contribution in [-0.4, -0.2) is 5.94 Å². The van der Waals surface area contributed by atoms with Crippen LogP contribution in [0.5, 0.6) is 0 Å². The Morgan fingerprint density at radius 3 is 2.18 bits per heavy atom. The molecule has 10 radical (unpaired) electrons. The van der Waals surface area contributed by atoms with Crippen LogP contribution in [0.1, 0.15) is 19.3 Å². The van der Waals surface area contributed by atoms with Gasteiger partial charge >= 0.3 is 0 Å². The van der Waals surface area contributed by atoms with Gasteiger partial charge < -0.3 is 0 Å². The Morgan fingerprint density at radius 2 is 1.59 bits per heavy atom. The fourth-order valence-electron chi connectivity index (χ4n) is 1.88. The molecule has 0 aromatic rings. The van der Waals surface area contributed by atoms with Gasteiger partial charge in [-0.25, -0.2) is 4.79 Å². The van der Waals surface area contributed by atoms with Crippen molar-refractivity contribution in [2.45, 2.75) is 19.3 Å². The van der Waals surface area contributed by atoms with E-state index in [1.54, 1.807) is 0 Å². The van der Waals surface area contributed by atoms with Gasteiger partial charge in [-0.2, -0.15) is 0 Å². The predicted molar refractivity (Wildman–Crippen MR) is 63.9 cm³/mol. The molecule has 17 heavy (non-hydrogen) atoms. The second-order valence-electron chi connectivity index (χ2n) is 3.90. The summed E-state index contributed by atoms with van der Waals surface area (Å²) in [6.45, 7) is 0. The van der Waals surface area contributed by atoms with Gasteiger partial charge in [-0.1, -0.05) is 0 Å². The maximum Gasteiger partial charge on any atom is 0.124 e. The molecule has 0 amide bonds. The molecule has 0 aromatic heterocycles. The van der Waals surface area contributed by atoms with Gasteiger partial charge in [0, 0.05) is 28.6 Å². The first-order valence-corrected chi connectivity index (χ1v) is 5.57. The second kappa shape index (κ2) is 8.14. The van der Waals surface area contributed by atoms with Crippen molar-refractivity contribution >= 4 is 5.94 Å². The molecule has 2 fully saturated rings. The number of hydrogen-bond donors (Lipinski definition) is 0. The van der Waals surface area contributed by atoms with E-state index in [0.29, 0.717) is 0 Å². The number of allylic oxidation sites excluding steroid dienone is 1. The molecule has 0 spiro atoms. The van der Waals surface area contributed by atoms with Gasteiger partial charge in [-0.15, -0.1) is 0 Å². The Morgan fingerprint density at radius 1 is 1.00 bits per heavy atom. The molecule has 0 atom stereocenters. The molecular formula is C15H14FeO. The summed E-state index contributed by atoms with van der Waals surface area (Å²) in [5.41, 5.74) is 0.788. The molecule has 1 nitrogen and oxygen atoms in total. The van der Waals surface area contributed by atoms with Gasteiger partial charge in [-0.3, -0.25) is 0 Å². The summed E-state index contributed by atoms with van der Waals surface area (Å²) in [5, 5.41) is 0. The minimum Gasteiger partial charge on any atom is -0.234 e. The largest absolute Gasteiger partial charge is 0.234 e. The molecular weight excluding hydrogens is 252 g/mol. The van der Waals surface area contributed by atoms with E-state index >= 15 is 0 Å². The Kier molecular flexibility index (Phi) is 7.19. The first-order chi connectivity index (χ1) is 7.90. The quantitative estimate of drug-likeness (QED) is 0.552. The number of rotatable bonds is 5. The monoisotopic (exact) mass is 266 g/mol. The van der Waals surface area contributed by atoms with E-state index in [9.17, 15) is 4.79 Å². The molecule has 0 saturated heterocycles. The smallest absolute Gasteiger partial charge is 0.124 e. The van der Waals surface area contributed by atoms with Crippen LogP contribution < -0.4 is 0 Å². The predicted octanol–water partition coefficient (Wildman–Crippen LogP) is 2.72. The summed E-state index contributed by atoms with van der Waals surface area (Å²) in [6, 6.07) is 0. The van der Waals surface area contributed by atoms with E-state index in [2.05, 4.69) is 18.8 Å². The normalized spacial score (nSPS) is 21.2. The van der Waals surface area contributed by atoms with Crippen LogP contribution in [0.25, 0.3) is 0 Å². The minimum atomic E-state index is 0. The summed E-state index contributed by atoms with van der Waals surface area (Å²) < 4.78 is 0. The third kappa shape index (κ3) is 4.62. The van der Waals surface area contributed by atoms with Crippen LogP contribution in [0.2, 0.25) is 0 Å². The van der Waals surface area contributed by atoms with E-state index in [1.807, 2.05) is 38.5 Å². The van der Waals surface area contributed by atoms with E-state index in [1.165, 1.54) is 5.92 Å². The maximum atomic E-state index is 10.8. The Balaban J connectivity index is 0.00000144. The SMILES string of the molecule is O=C=C(CCC[C]1[CH][CH][CH][CH]1)[C]1[CH][CH][CH][CH]1.[Fe]. The van der Waals surface area contributed by atoms with Crippen LogP contribution in [0.3, 0.4) is 0 Å². The summed E-state index contributed by atoms with van der Waals surface area (Å²) >= 11 is 0. The fourth-order valence-corrected chi connectivity index (χ4v) is 1.88. The van der Waals surface area contributed by atoms with Gasteiger partial charge in [0.15, 0.2) is 0 Å². The Hall–Kier alpha value is -0.0305. The summed E-state index contributed by atoms with van der Waals surface area (Å²) in [6.07, 6.45) is 19.0. The molecule has 88 valence electrons. The molecule has 0 heterocycles. The van der Waals surface area contributed by atoms with Crippen molar-refractivity contribution in [3.8, 4) is 0 Å². The van der Waals surface area contributed by atoms with Crippen molar-refractivity contribution in [3.05, 3.63) is 68.8 Å². The van der Waals surface area contributed by atoms with Crippen molar-refractivity contribution in [3.63, 3.8) is 0 Å². The van der Waals surface area contributed by atoms with Crippen LogP contribution in [0.15, 0.2) is 5.57 Å². The van der Waals surface area contributed by atoms with Crippen molar-refractivity contribution in [1.29, 1.82) is 0 Å². The maximum absolute atomic E-state index is 10.8. The molecule has 2 rings (SSSR count). The molecule has 0 aliphatic heterocycles. The minimum absolute atomic E-state index is 0. The Labute approximate surface area is 116 Å². The fraction of sp³-hybridized carbons (Fsp3) is 0.200. The molecule has 0 unspecified atom stereocenters. The molecule has 2 aliphatic carbocycles. The van der Waals surface area contributed by atoms with Gasteiger partial charge in [0.25, 0.3) is 0 Å². The van der Waals surface area contributed by atoms with Crippen molar-refractivity contribution in [2.75, 3.05) is 0 Å². The summed E-state index contributed by atoms with van der Waals surface area (Å²) in [4.78, 5) is 10.8. The van der Waals surface area contributed by atoms with Crippen LogP contribution in [0.4, 0.5) is 0 Å². The molecule has 2 saturated carbocycles. The second-order valence-corrected chi connectivity index (χ2v) is 3.90.